The highest BCUT2D eigenvalue weighted by Gasteiger charge is 2.32. The number of rotatable bonds is 17. The summed E-state index contributed by atoms with van der Waals surface area (Å²) in [4.78, 5) is 5.00. The third-order valence-corrected chi connectivity index (χ3v) is 28.5. The van der Waals surface area contributed by atoms with Crippen molar-refractivity contribution in [3.63, 3.8) is 0 Å². The van der Waals surface area contributed by atoms with Gasteiger partial charge in [0.1, 0.15) is 22.3 Å². The lowest BCUT2D eigenvalue weighted by atomic mass is 9.74. The minimum Gasteiger partial charge on any atom is -0.455 e. The summed E-state index contributed by atoms with van der Waals surface area (Å²) in [6, 6.07) is 161. The smallest absolute Gasteiger partial charge is 0.143 e. The highest BCUT2D eigenvalue weighted by molar-refractivity contribution is 6.17. The predicted molar refractivity (Wildman–Crippen MR) is 581 cm³/mol. The summed E-state index contributed by atoms with van der Waals surface area (Å²) in [6.07, 6.45) is 0.813. The van der Waals surface area contributed by atoms with Gasteiger partial charge >= 0.3 is 0 Å². The lowest BCUT2D eigenvalue weighted by Crippen LogP contribution is -2.22. The van der Waals surface area contributed by atoms with Crippen LogP contribution in [0.3, 0.4) is 0 Å². The standard InChI is InChI=1S/C132H106N2O2/c1-129(2,3)94-76-92(77-95(81-94)130(4,5)6)102-51-28-36-86-38-30-56-114(125(86)102)109-46-15-20-61-119(109)133(99-43-27-41-90(80-99)104-53-32-59-117-112-49-18-24-65-123(112)135-127(104)117)98-71-67-84(68-72-98)88-70-73-100-89(75-88)40-26-42-91(100)83-132(10,11)97-79-93(78-96(82-97)131(7,8)9)103-52-29-37-87-39-31-57-115(126(87)103)110-47-16-22-63-121(110)134(122-64-23-17-48-111(122)116-58-34-60-118-113-50-19-25-66-124(113)136-128(116)118)120-62-21-14-45-108(120)106-55-33-54-105-101-44-13-12-35-85(101)69-74-107(105)106/h12-82H,83H2,1-11H3. The van der Waals surface area contributed by atoms with Gasteiger partial charge in [0.25, 0.3) is 0 Å². The topological polar surface area (TPSA) is 32.8 Å². The molecular weight excluding hydrogens is 1650 g/mol. The first-order valence-corrected chi connectivity index (χ1v) is 47.9. The average molecular weight is 1750 g/mol. The Balaban J connectivity index is 0.614. The van der Waals surface area contributed by atoms with E-state index in [2.05, 4.69) is 517 Å². The van der Waals surface area contributed by atoms with E-state index < -0.39 is 0 Å². The van der Waals surface area contributed by atoms with Crippen molar-refractivity contribution in [3.8, 4) is 89.0 Å². The summed E-state index contributed by atoms with van der Waals surface area (Å²) in [5.41, 5.74) is 33.8. The molecule has 0 radical (unpaired) electrons. The zero-order chi connectivity index (χ0) is 92.5. The average Bonchev–Trinajstić information content (AvgIpc) is 1.37. The van der Waals surface area contributed by atoms with Gasteiger partial charge in [0.2, 0.25) is 0 Å². The largest absolute Gasteiger partial charge is 0.455 e. The minimum absolute atomic E-state index is 0.0566. The molecule has 0 N–H and O–H groups in total. The van der Waals surface area contributed by atoms with Gasteiger partial charge in [-0.3, -0.25) is 0 Å². The molecule has 23 rings (SSSR count). The number of benzene rings is 21. The molecule has 4 heteroatoms. The molecule has 0 spiro atoms. The Morgan fingerprint density at radius 2 is 0.581 bits per heavy atom. The Labute approximate surface area is 796 Å². The van der Waals surface area contributed by atoms with Crippen molar-refractivity contribution in [2.24, 2.45) is 0 Å². The third-order valence-electron chi connectivity index (χ3n) is 28.5. The van der Waals surface area contributed by atoms with Crippen LogP contribution < -0.4 is 9.80 Å². The van der Waals surface area contributed by atoms with Crippen molar-refractivity contribution in [2.75, 3.05) is 9.80 Å². The molecule has 0 atom stereocenters. The first-order valence-electron chi connectivity index (χ1n) is 47.9. The van der Waals surface area contributed by atoms with Gasteiger partial charge in [0.15, 0.2) is 0 Å². The van der Waals surface area contributed by atoms with E-state index in [0.29, 0.717) is 0 Å². The Morgan fingerprint density at radius 1 is 0.199 bits per heavy atom. The maximum Gasteiger partial charge on any atom is 0.143 e. The van der Waals surface area contributed by atoms with Gasteiger partial charge in [-0.1, -0.05) is 440 Å². The van der Waals surface area contributed by atoms with Crippen LogP contribution in [0.4, 0.5) is 34.1 Å². The van der Waals surface area contributed by atoms with Crippen LogP contribution >= 0.6 is 0 Å². The molecule has 2 heterocycles. The monoisotopic (exact) mass is 1750 g/mol. The van der Waals surface area contributed by atoms with Gasteiger partial charge in [0.05, 0.1) is 22.7 Å². The summed E-state index contributed by atoms with van der Waals surface area (Å²) in [5, 5.41) is 16.5. The molecule has 0 unspecified atom stereocenters. The van der Waals surface area contributed by atoms with Crippen LogP contribution in [0.1, 0.15) is 104 Å². The predicted octanol–water partition coefficient (Wildman–Crippen LogP) is 37.9. The highest BCUT2D eigenvalue weighted by atomic mass is 16.3. The third kappa shape index (κ3) is 15.0. The van der Waals surface area contributed by atoms with Gasteiger partial charge in [-0.15, -0.1) is 0 Å². The van der Waals surface area contributed by atoms with E-state index in [9.17, 15) is 0 Å². The second-order valence-corrected chi connectivity index (χ2v) is 40.8. The normalized spacial score (nSPS) is 12.3. The van der Waals surface area contributed by atoms with E-state index >= 15 is 0 Å². The molecule has 0 aliphatic rings. The number of fused-ring (bicyclic) bond motifs is 12. The van der Waals surface area contributed by atoms with Crippen molar-refractivity contribution in [2.45, 2.75) is 104 Å². The molecule has 21 aromatic carbocycles. The molecule has 0 fully saturated rings. The zero-order valence-corrected chi connectivity index (χ0v) is 78.9. The summed E-state index contributed by atoms with van der Waals surface area (Å²) in [7, 11) is 0. The highest BCUT2D eigenvalue weighted by Crippen LogP contribution is 2.55. The van der Waals surface area contributed by atoms with Crippen molar-refractivity contribution in [1.82, 2.24) is 0 Å². The number of para-hydroxylation sites is 8. The van der Waals surface area contributed by atoms with Gasteiger partial charge in [-0.2, -0.15) is 0 Å². The van der Waals surface area contributed by atoms with Crippen LogP contribution in [0.25, 0.3) is 187 Å². The first kappa shape index (κ1) is 84.4. The SMILES string of the molecule is CC(C)(C)c1cc(-c2cccc3cccc(-c4ccccc4N(c4ccc(-c5ccc6c(CC(C)(C)c7cc(-c8cccc9cccc(-c%10ccccc%10N(c%10ccccc%10-c%10cccc%11c%10ccc%10ccccc%10%11)c%10ccccc%10-c%10cccc%11c%10oc%10ccccc%10%11)c89)cc(C(C)(C)C)c7)cccc6c5)cc4)c4cccc(-c5cccc6c5oc5ccccc56)c4)c23)cc(C(C)(C)C)c1. The molecule has 0 amide bonds. The summed E-state index contributed by atoms with van der Waals surface area (Å²) >= 11 is 0. The lowest BCUT2D eigenvalue weighted by Gasteiger charge is -2.32. The molecule has 0 saturated heterocycles. The fourth-order valence-corrected chi connectivity index (χ4v) is 21.4. The van der Waals surface area contributed by atoms with E-state index in [1.54, 1.807) is 0 Å². The van der Waals surface area contributed by atoms with E-state index in [0.717, 1.165) is 146 Å². The van der Waals surface area contributed by atoms with Crippen molar-refractivity contribution >= 4 is 132 Å². The van der Waals surface area contributed by atoms with Crippen molar-refractivity contribution < 1.29 is 8.83 Å². The molecule has 4 nitrogen and oxygen atoms in total. The van der Waals surface area contributed by atoms with Crippen LogP contribution in [0.5, 0.6) is 0 Å². The number of anilines is 6. The quantitative estimate of drug-likeness (QED) is 0.0851. The minimum atomic E-state index is -0.321. The summed E-state index contributed by atoms with van der Waals surface area (Å²) in [5.74, 6) is 0. The van der Waals surface area contributed by atoms with E-state index in [1.165, 1.54) is 109 Å². The summed E-state index contributed by atoms with van der Waals surface area (Å²) < 4.78 is 13.7. The maximum absolute atomic E-state index is 6.94. The molecule has 23 aromatic rings. The Kier molecular flexibility index (Phi) is 20.7. The molecule has 0 aliphatic carbocycles. The fourth-order valence-electron chi connectivity index (χ4n) is 21.4. The number of nitrogens with zero attached hydrogens (tertiary/aromatic N) is 2. The van der Waals surface area contributed by atoms with Crippen LogP contribution in [-0.2, 0) is 28.1 Å². The molecule has 0 bridgehead atoms. The molecule has 656 valence electrons. The van der Waals surface area contributed by atoms with Gasteiger partial charge in [-0.25, -0.2) is 0 Å². The van der Waals surface area contributed by atoms with E-state index in [1.807, 2.05) is 0 Å². The van der Waals surface area contributed by atoms with Crippen LogP contribution in [0.15, 0.2) is 440 Å². The number of furan rings is 2. The van der Waals surface area contributed by atoms with E-state index in [-0.39, 0.29) is 21.7 Å². The number of hydrogen-bond donors (Lipinski definition) is 0. The van der Waals surface area contributed by atoms with Gasteiger partial charge < -0.3 is 18.6 Å². The molecule has 0 aliphatic heterocycles. The molecule has 0 saturated carbocycles. The second kappa shape index (κ2) is 33.4. The fraction of sp³-hybridized carbons (Fsp3) is 0.121. The van der Waals surface area contributed by atoms with Gasteiger partial charge in [-0.05, 0) is 232 Å². The van der Waals surface area contributed by atoms with Crippen LogP contribution in [-0.4, -0.2) is 0 Å². The Bertz CT molecular complexity index is 8650. The van der Waals surface area contributed by atoms with Crippen LogP contribution in [0.2, 0.25) is 0 Å². The van der Waals surface area contributed by atoms with Crippen LogP contribution in [0, 0.1) is 0 Å². The van der Waals surface area contributed by atoms with Crippen molar-refractivity contribution in [3.05, 3.63) is 459 Å². The van der Waals surface area contributed by atoms with Crippen molar-refractivity contribution in [1.29, 1.82) is 0 Å². The van der Waals surface area contributed by atoms with Gasteiger partial charge in [0, 0.05) is 66.3 Å². The van der Waals surface area contributed by atoms with E-state index in [4.69, 9.17) is 8.83 Å². The summed E-state index contributed by atoms with van der Waals surface area (Å²) in [6.45, 7) is 26.0. The first-order chi connectivity index (χ1) is 66.1. The maximum atomic E-state index is 6.94. The zero-order valence-electron chi connectivity index (χ0n) is 78.9. The molecular formula is C132H106N2O2. The Morgan fingerprint density at radius 3 is 1.14 bits per heavy atom. The number of hydrogen-bond acceptors (Lipinski definition) is 4. The molecule has 136 heavy (non-hydrogen) atoms. The lowest BCUT2D eigenvalue weighted by molar-refractivity contribution is 0.519. The second-order valence-electron chi connectivity index (χ2n) is 40.8. The Hall–Kier alpha value is -15.9. The molecule has 2 aromatic heterocycles.